The van der Waals surface area contributed by atoms with E-state index in [2.05, 4.69) is 25.8 Å². The Bertz CT molecular complexity index is 367. The lowest BCUT2D eigenvalue weighted by Gasteiger charge is -2.41. The Hall–Kier alpha value is -0.650. The fourth-order valence-electron chi connectivity index (χ4n) is 3.84. The average Bonchev–Trinajstić information content (AvgIpc) is 2.49. The second kappa shape index (κ2) is 7.75. The molecule has 0 spiro atoms. The van der Waals surface area contributed by atoms with Gasteiger partial charge in [-0.2, -0.15) is 0 Å². The van der Waals surface area contributed by atoms with Crippen LogP contribution in [-0.2, 0) is 9.53 Å². The van der Waals surface area contributed by atoms with Crippen LogP contribution in [0, 0.1) is 11.3 Å². The van der Waals surface area contributed by atoms with E-state index in [1.54, 1.807) is 0 Å². The van der Waals surface area contributed by atoms with E-state index in [1.165, 1.54) is 0 Å². The van der Waals surface area contributed by atoms with Crippen molar-refractivity contribution in [2.45, 2.75) is 45.6 Å². The molecule has 1 amide bonds. The molecule has 2 rings (SSSR count). The number of piperidine rings is 1. The number of carbonyl (C=O) groups is 1. The van der Waals surface area contributed by atoms with Crippen molar-refractivity contribution in [2.24, 2.45) is 11.3 Å². The summed E-state index contributed by atoms with van der Waals surface area (Å²) >= 11 is 0. The molecule has 2 aliphatic rings. The van der Waals surface area contributed by atoms with Crippen LogP contribution in [0.3, 0.4) is 0 Å². The van der Waals surface area contributed by atoms with Gasteiger partial charge in [-0.15, -0.1) is 0 Å². The Morgan fingerprint density at radius 3 is 2.68 bits per heavy atom. The molecule has 5 heteroatoms. The summed E-state index contributed by atoms with van der Waals surface area (Å²) in [5.41, 5.74) is -0.00474. The molecule has 2 aliphatic heterocycles. The standard InChI is InChI=1S/C17H32N2O3/c1-14(2)19-11-15(4-5-16(19)21)10-18(3)12-17(13-20)6-8-22-9-7-17/h14-15,20H,4-13H2,1-3H3. The summed E-state index contributed by atoms with van der Waals surface area (Å²) in [6.45, 7) is 8.72. The Balaban J connectivity index is 1.86. The summed E-state index contributed by atoms with van der Waals surface area (Å²) in [7, 11) is 2.14. The zero-order valence-corrected chi connectivity index (χ0v) is 14.4. The van der Waals surface area contributed by atoms with Crippen molar-refractivity contribution in [3.05, 3.63) is 0 Å². The SMILES string of the molecule is CC(C)N1CC(CN(C)CC2(CO)CCOCC2)CCC1=O. The van der Waals surface area contributed by atoms with Gasteiger partial charge in [0, 0.05) is 50.7 Å². The first-order valence-electron chi connectivity index (χ1n) is 8.62. The molecule has 0 bridgehead atoms. The number of hydrogen-bond acceptors (Lipinski definition) is 4. The lowest BCUT2D eigenvalue weighted by atomic mass is 9.80. The zero-order chi connectivity index (χ0) is 16.2. The quantitative estimate of drug-likeness (QED) is 0.804. The number of carbonyl (C=O) groups excluding carboxylic acids is 1. The number of hydrogen-bond donors (Lipinski definition) is 1. The van der Waals surface area contributed by atoms with Crippen LogP contribution in [0.1, 0.15) is 39.5 Å². The van der Waals surface area contributed by atoms with Crippen molar-refractivity contribution in [2.75, 3.05) is 46.5 Å². The zero-order valence-electron chi connectivity index (χ0n) is 14.4. The van der Waals surface area contributed by atoms with Crippen LogP contribution in [0.25, 0.3) is 0 Å². The summed E-state index contributed by atoms with van der Waals surface area (Å²) in [6, 6.07) is 0.292. The van der Waals surface area contributed by atoms with Crippen molar-refractivity contribution < 1.29 is 14.6 Å². The van der Waals surface area contributed by atoms with Gasteiger partial charge in [-0.3, -0.25) is 4.79 Å². The molecule has 0 aromatic heterocycles. The molecule has 1 unspecified atom stereocenters. The molecule has 1 atom stereocenters. The van der Waals surface area contributed by atoms with Crippen molar-refractivity contribution >= 4 is 5.91 Å². The van der Waals surface area contributed by atoms with Crippen LogP contribution >= 0.6 is 0 Å². The third-order valence-corrected chi connectivity index (χ3v) is 5.23. The fraction of sp³-hybridized carbons (Fsp3) is 0.941. The molecule has 1 N–H and O–H groups in total. The molecule has 0 aliphatic carbocycles. The van der Waals surface area contributed by atoms with Crippen LogP contribution in [0.2, 0.25) is 0 Å². The van der Waals surface area contributed by atoms with Crippen LogP contribution in [0.15, 0.2) is 0 Å². The van der Waals surface area contributed by atoms with Gasteiger partial charge in [0.2, 0.25) is 5.91 Å². The van der Waals surface area contributed by atoms with Crippen molar-refractivity contribution in [3.8, 4) is 0 Å². The molecule has 2 fully saturated rings. The molecular formula is C17H32N2O3. The Labute approximate surface area is 134 Å². The summed E-state index contributed by atoms with van der Waals surface area (Å²) in [4.78, 5) is 16.3. The lowest BCUT2D eigenvalue weighted by Crippen LogP contribution is -2.48. The molecule has 0 saturated carbocycles. The minimum absolute atomic E-state index is 0.00474. The first-order chi connectivity index (χ1) is 10.5. The predicted molar refractivity (Wildman–Crippen MR) is 86.6 cm³/mol. The summed E-state index contributed by atoms with van der Waals surface area (Å²) in [5.74, 6) is 0.839. The largest absolute Gasteiger partial charge is 0.396 e. The van der Waals surface area contributed by atoms with Gasteiger partial charge in [0.05, 0.1) is 6.61 Å². The number of nitrogens with zero attached hydrogens (tertiary/aromatic N) is 2. The number of likely N-dealkylation sites (tertiary alicyclic amines) is 1. The third kappa shape index (κ3) is 4.43. The molecule has 22 heavy (non-hydrogen) atoms. The average molecular weight is 312 g/mol. The van der Waals surface area contributed by atoms with Gasteiger partial charge in [0.25, 0.3) is 0 Å². The van der Waals surface area contributed by atoms with Crippen molar-refractivity contribution in [1.29, 1.82) is 0 Å². The van der Waals surface area contributed by atoms with Gasteiger partial charge in [-0.1, -0.05) is 0 Å². The lowest BCUT2D eigenvalue weighted by molar-refractivity contribution is -0.137. The van der Waals surface area contributed by atoms with E-state index in [9.17, 15) is 9.90 Å². The Morgan fingerprint density at radius 2 is 2.09 bits per heavy atom. The van der Waals surface area contributed by atoms with E-state index in [0.717, 1.165) is 52.1 Å². The molecule has 128 valence electrons. The first kappa shape index (κ1) is 17.7. The summed E-state index contributed by atoms with van der Waals surface area (Å²) < 4.78 is 5.44. The predicted octanol–water partition coefficient (Wildman–Crippen LogP) is 1.35. The van der Waals surface area contributed by atoms with Crippen molar-refractivity contribution in [3.63, 3.8) is 0 Å². The summed E-state index contributed by atoms with van der Waals surface area (Å²) in [5, 5.41) is 9.81. The Morgan fingerprint density at radius 1 is 1.41 bits per heavy atom. The maximum absolute atomic E-state index is 11.9. The monoisotopic (exact) mass is 312 g/mol. The number of ether oxygens (including phenoxy) is 1. The highest BCUT2D eigenvalue weighted by Gasteiger charge is 2.34. The molecule has 2 saturated heterocycles. The highest BCUT2D eigenvalue weighted by Crippen LogP contribution is 2.31. The molecule has 2 heterocycles. The second-order valence-corrected chi connectivity index (χ2v) is 7.51. The van der Waals surface area contributed by atoms with Gasteiger partial charge < -0.3 is 19.6 Å². The van der Waals surface area contributed by atoms with E-state index >= 15 is 0 Å². The third-order valence-electron chi connectivity index (χ3n) is 5.23. The van der Waals surface area contributed by atoms with E-state index in [0.29, 0.717) is 24.3 Å². The molecule has 0 radical (unpaired) electrons. The minimum Gasteiger partial charge on any atom is -0.396 e. The normalized spacial score (nSPS) is 26.0. The van der Waals surface area contributed by atoms with Crippen molar-refractivity contribution in [1.82, 2.24) is 9.80 Å². The maximum atomic E-state index is 11.9. The summed E-state index contributed by atoms with van der Waals surface area (Å²) in [6.07, 6.45) is 3.54. The van der Waals surface area contributed by atoms with Gasteiger partial charge in [0.1, 0.15) is 0 Å². The maximum Gasteiger partial charge on any atom is 0.222 e. The highest BCUT2D eigenvalue weighted by atomic mass is 16.5. The van der Waals surface area contributed by atoms with Gasteiger partial charge >= 0.3 is 0 Å². The fourth-order valence-corrected chi connectivity index (χ4v) is 3.84. The minimum atomic E-state index is -0.00474. The molecule has 0 aromatic carbocycles. The number of amides is 1. The topological polar surface area (TPSA) is 53.0 Å². The smallest absolute Gasteiger partial charge is 0.222 e. The number of aliphatic hydroxyl groups excluding tert-OH is 1. The van der Waals surface area contributed by atoms with Gasteiger partial charge in [0.15, 0.2) is 0 Å². The van der Waals surface area contributed by atoms with Crippen LogP contribution in [0.5, 0.6) is 0 Å². The molecule has 5 nitrogen and oxygen atoms in total. The molecule has 0 aromatic rings. The van der Waals surface area contributed by atoms with E-state index in [4.69, 9.17) is 4.74 Å². The Kier molecular flexibility index (Phi) is 6.24. The van der Waals surface area contributed by atoms with Crippen LogP contribution < -0.4 is 0 Å². The van der Waals surface area contributed by atoms with Crippen LogP contribution in [0.4, 0.5) is 0 Å². The second-order valence-electron chi connectivity index (χ2n) is 7.51. The number of aliphatic hydroxyl groups is 1. The van der Waals surface area contributed by atoms with E-state index in [1.807, 2.05) is 4.90 Å². The number of rotatable bonds is 6. The van der Waals surface area contributed by atoms with E-state index < -0.39 is 0 Å². The van der Waals surface area contributed by atoms with Crippen LogP contribution in [-0.4, -0.2) is 73.4 Å². The highest BCUT2D eigenvalue weighted by molar-refractivity contribution is 5.77. The van der Waals surface area contributed by atoms with Gasteiger partial charge in [-0.05, 0) is 46.1 Å². The van der Waals surface area contributed by atoms with Gasteiger partial charge in [-0.25, -0.2) is 0 Å². The first-order valence-corrected chi connectivity index (χ1v) is 8.62. The molecular weight excluding hydrogens is 280 g/mol. The van der Waals surface area contributed by atoms with E-state index in [-0.39, 0.29) is 12.0 Å².